The van der Waals surface area contributed by atoms with E-state index < -0.39 is 17.9 Å². The van der Waals surface area contributed by atoms with Crippen LogP contribution in [-0.2, 0) is 9.59 Å². The van der Waals surface area contributed by atoms with Crippen LogP contribution in [0.5, 0.6) is 0 Å². The molecule has 126 valence electrons. The normalized spacial score (nSPS) is 12.8. The van der Waals surface area contributed by atoms with Gasteiger partial charge in [0.25, 0.3) is 0 Å². The maximum absolute atomic E-state index is 11.1. The number of aliphatic carboxylic acids is 2. The molecule has 0 aromatic carbocycles. The van der Waals surface area contributed by atoms with Crippen molar-refractivity contribution in [2.75, 3.05) is 0 Å². The van der Waals surface area contributed by atoms with E-state index in [0.29, 0.717) is 0 Å². The van der Waals surface area contributed by atoms with Gasteiger partial charge < -0.3 is 10.2 Å². The zero-order chi connectivity index (χ0) is 16.5. The molecule has 0 radical (unpaired) electrons. The minimum atomic E-state index is -1.28. The summed E-state index contributed by atoms with van der Waals surface area (Å²) in [6, 6.07) is 0. The predicted octanol–water partition coefficient (Wildman–Crippen LogP) is 3.93. The first-order chi connectivity index (χ1) is 9.70. The van der Waals surface area contributed by atoms with E-state index in [0.717, 1.165) is 19.3 Å². The molecule has 0 bridgehead atoms. The van der Waals surface area contributed by atoms with Crippen molar-refractivity contribution in [3.63, 3.8) is 0 Å². The van der Waals surface area contributed by atoms with Gasteiger partial charge >= 0.3 is 63.3 Å². The van der Waals surface area contributed by atoms with E-state index >= 15 is 0 Å². The fourth-order valence-electron chi connectivity index (χ4n) is 2.67. The molecule has 0 aliphatic carbocycles. The van der Waals surface area contributed by atoms with E-state index in [4.69, 9.17) is 10.2 Å². The molecular weight excluding hydrogens is 307 g/mol. The summed E-state index contributed by atoms with van der Waals surface area (Å²) in [6.07, 6.45) is 8.30. The Morgan fingerprint density at radius 3 is 1.77 bits per heavy atom. The Morgan fingerprint density at radius 2 is 1.36 bits per heavy atom. The number of carbonyl (C=O) groups is 2. The molecule has 0 saturated carbocycles. The molecule has 0 aromatic heterocycles. The fourth-order valence-corrected chi connectivity index (χ4v) is 2.67. The number of carboxylic acid groups (broad SMARTS) is 2. The third-order valence-corrected chi connectivity index (χ3v) is 4.25. The van der Waals surface area contributed by atoms with Crippen molar-refractivity contribution in [3.8, 4) is 0 Å². The van der Waals surface area contributed by atoms with Gasteiger partial charge in [-0.2, -0.15) is 0 Å². The van der Waals surface area contributed by atoms with Gasteiger partial charge in [-0.1, -0.05) is 66.2 Å². The zero-order valence-corrected chi connectivity index (χ0v) is 14.0. The van der Waals surface area contributed by atoms with Crippen molar-refractivity contribution in [2.24, 2.45) is 17.3 Å². The van der Waals surface area contributed by atoms with E-state index in [2.05, 4.69) is 27.7 Å². The van der Waals surface area contributed by atoms with E-state index in [1.54, 1.807) is 0 Å². The van der Waals surface area contributed by atoms with Crippen LogP contribution in [0.1, 0.15) is 79.1 Å². The van der Waals surface area contributed by atoms with Crippen LogP contribution in [0.15, 0.2) is 0 Å². The molecule has 0 saturated heterocycles. The number of hydrogen-bond donors (Lipinski definition) is 2. The van der Waals surface area contributed by atoms with Crippen molar-refractivity contribution in [1.82, 2.24) is 0 Å². The molecule has 0 fully saturated rings. The number of unbranched alkanes of at least 4 members (excludes halogenated alkanes) is 5. The van der Waals surface area contributed by atoms with Gasteiger partial charge in [0, 0.05) is 0 Å². The summed E-state index contributed by atoms with van der Waals surface area (Å²) in [7, 11) is 0. The van der Waals surface area contributed by atoms with Crippen molar-refractivity contribution in [1.29, 1.82) is 0 Å². The SMILES string of the molecule is CCCCCCCCC(CC(C(=O)O)C(=O)O)C(C)(C)C.[KH]. The summed E-state index contributed by atoms with van der Waals surface area (Å²) in [5, 5.41) is 18.1. The summed E-state index contributed by atoms with van der Waals surface area (Å²) < 4.78 is 0. The summed E-state index contributed by atoms with van der Waals surface area (Å²) in [5.41, 5.74) is -0.0629. The van der Waals surface area contributed by atoms with Crippen LogP contribution in [0, 0.1) is 17.3 Å². The summed E-state index contributed by atoms with van der Waals surface area (Å²) in [5.74, 6) is -3.60. The van der Waals surface area contributed by atoms with E-state index in [1.165, 1.54) is 25.7 Å². The quantitative estimate of drug-likeness (QED) is 0.339. The molecule has 1 unspecified atom stereocenters. The van der Waals surface area contributed by atoms with Crippen LogP contribution in [0.25, 0.3) is 0 Å². The molecule has 0 aromatic rings. The van der Waals surface area contributed by atoms with Gasteiger partial charge in [0.2, 0.25) is 0 Å². The second kappa shape index (κ2) is 12.9. The van der Waals surface area contributed by atoms with Gasteiger partial charge in [0.1, 0.15) is 0 Å². The van der Waals surface area contributed by atoms with Gasteiger partial charge in [0.15, 0.2) is 5.92 Å². The van der Waals surface area contributed by atoms with Crippen LogP contribution < -0.4 is 0 Å². The first-order valence-corrected chi connectivity index (χ1v) is 8.15. The van der Waals surface area contributed by atoms with Crippen molar-refractivity contribution < 1.29 is 19.8 Å². The van der Waals surface area contributed by atoms with Crippen molar-refractivity contribution in [2.45, 2.75) is 79.1 Å². The topological polar surface area (TPSA) is 74.6 Å². The van der Waals surface area contributed by atoms with Crippen LogP contribution in [0.2, 0.25) is 0 Å². The summed E-state index contributed by atoms with van der Waals surface area (Å²) in [6.45, 7) is 8.38. The van der Waals surface area contributed by atoms with Crippen LogP contribution >= 0.6 is 0 Å². The Kier molecular flexibility index (Phi) is 14.6. The van der Waals surface area contributed by atoms with Crippen molar-refractivity contribution in [3.05, 3.63) is 0 Å². The Bertz CT molecular complexity index is 309. The van der Waals surface area contributed by atoms with E-state index in [1.807, 2.05) is 0 Å². The standard InChI is InChI=1S/C17H32O4.K.H/c1-5-6-7-8-9-10-11-13(17(2,3)4)12-14(15(18)19)16(20)21;;/h13-14H,5-12H2,1-4H3,(H,18,19)(H,20,21);;. The van der Waals surface area contributed by atoms with Crippen molar-refractivity contribution >= 4 is 63.3 Å². The van der Waals surface area contributed by atoms with Gasteiger partial charge in [-0.15, -0.1) is 0 Å². The van der Waals surface area contributed by atoms with E-state index in [-0.39, 0.29) is 69.1 Å². The molecule has 0 spiro atoms. The summed E-state index contributed by atoms with van der Waals surface area (Å²) in [4.78, 5) is 22.1. The molecular formula is C17H33KO4. The summed E-state index contributed by atoms with van der Waals surface area (Å²) >= 11 is 0. The van der Waals surface area contributed by atoms with Crippen LogP contribution in [0.3, 0.4) is 0 Å². The third kappa shape index (κ3) is 11.2. The van der Waals surface area contributed by atoms with Crippen LogP contribution in [-0.4, -0.2) is 73.5 Å². The monoisotopic (exact) mass is 340 g/mol. The maximum atomic E-state index is 11.1. The Hall–Kier alpha value is 0.576. The molecule has 0 heterocycles. The fraction of sp³-hybridized carbons (Fsp3) is 0.882. The Labute approximate surface area is 177 Å². The number of hydrogen-bond acceptors (Lipinski definition) is 2. The van der Waals surface area contributed by atoms with E-state index in [9.17, 15) is 9.59 Å². The van der Waals surface area contributed by atoms with Gasteiger partial charge in [-0.3, -0.25) is 9.59 Å². The molecule has 5 heteroatoms. The first kappa shape index (κ1) is 24.8. The minimum absolute atomic E-state index is 0. The first-order valence-electron chi connectivity index (χ1n) is 8.15. The Morgan fingerprint density at radius 1 is 0.909 bits per heavy atom. The molecule has 4 nitrogen and oxygen atoms in total. The molecule has 22 heavy (non-hydrogen) atoms. The zero-order valence-electron chi connectivity index (χ0n) is 14.0. The second-order valence-corrected chi connectivity index (χ2v) is 7.08. The van der Waals surface area contributed by atoms with Gasteiger partial charge in [0.05, 0.1) is 0 Å². The second-order valence-electron chi connectivity index (χ2n) is 7.08. The average Bonchev–Trinajstić information content (AvgIpc) is 2.34. The molecule has 0 aliphatic heterocycles. The molecule has 0 amide bonds. The predicted molar refractivity (Wildman–Crippen MR) is 91.5 cm³/mol. The van der Waals surface area contributed by atoms with Gasteiger partial charge in [-0.05, 0) is 24.2 Å². The third-order valence-electron chi connectivity index (χ3n) is 4.25. The molecule has 2 N–H and O–H groups in total. The molecule has 1 atom stereocenters. The average molecular weight is 341 g/mol. The number of rotatable bonds is 11. The molecule has 0 aliphatic rings. The molecule has 0 rings (SSSR count). The number of carboxylic acids is 2. The van der Waals surface area contributed by atoms with Gasteiger partial charge in [-0.25, -0.2) is 0 Å². The Balaban J connectivity index is 0. The van der Waals surface area contributed by atoms with Crippen LogP contribution in [0.4, 0.5) is 0 Å².